The second-order valence-electron chi connectivity index (χ2n) is 3.61. The first-order chi connectivity index (χ1) is 7.65. The molecule has 0 saturated carbocycles. The third-order valence-corrected chi connectivity index (χ3v) is 3.40. The summed E-state index contributed by atoms with van der Waals surface area (Å²) >= 11 is 1.64. The van der Waals surface area contributed by atoms with Gasteiger partial charge in [-0.2, -0.15) is 0 Å². The molecule has 0 aliphatic carbocycles. The molecule has 1 aromatic carbocycles. The summed E-state index contributed by atoms with van der Waals surface area (Å²) in [6.07, 6.45) is 3.52. The second kappa shape index (κ2) is 6.53. The average Bonchev–Trinajstić information content (AvgIpc) is 2.26. The molecule has 0 unspecified atom stereocenters. The van der Waals surface area contributed by atoms with Gasteiger partial charge in [0.05, 0.1) is 0 Å². The first-order valence-electron chi connectivity index (χ1n) is 5.42. The molecule has 3 N–H and O–H groups in total. The molecule has 1 aromatic rings. The summed E-state index contributed by atoms with van der Waals surface area (Å²) in [5.41, 5.74) is 5.92. The lowest BCUT2D eigenvalue weighted by Gasteiger charge is -2.07. The van der Waals surface area contributed by atoms with Gasteiger partial charge in [0.15, 0.2) is 0 Å². The van der Waals surface area contributed by atoms with E-state index < -0.39 is 0 Å². The van der Waals surface area contributed by atoms with Crippen molar-refractivity contribution >= 4 is 17.6 Å². The molecule has 0 aromatic heterocycles. The Morgan fingerprint density at radius 1 is 1.44 bits per heavy atom. The highest BCUT2D eigenvalue weighted by atomic mass is 32.2. The molecule has 0 aliphatic rings. The van der Waals surface area contributed by atoms with Gasteiger partial charge in [-0.25, -0.2) is 4.39 Å². The van der Waals surface area contributed by atoms with Crippen LogP contribution in [0.15, 0.2) is 23.1 Å². The van der Waals surface area contributed by atoms with Gasteiger partial charge >= 0.3 is 0 Å². The number of amidine groups is 1. The molecule has 0 saturated heterocycles. The maximum absolute atomic E-state index is 13.0. The highest BCUT2D eigenvalue weighted by Crippen LogP contribution is 2.24. The lowest BCUT2D eigenvalue weighted by atomic mass is 10.2. The molecule has 0 atom stereocenters. The minimum atomic E-state index is -0.344. The third-order valence-electron chi connectivity index (χ3n) is 2.24. The zero-order chi connectivity index (χ0) is 12.0. The van der Waals surface area contributed by atoms with Crippen molar-refractivity contribution in [3.63, 3.8) is 0 Å². The lowest BCUT2D eigenvalue weighted by molar-refractivity contribution is 0.626. The molecule has 1 rings (SSSR count). The van der Waals surface area contributed by atoms with Crippen molar-refractivity contribution in [3.8, 4) is 0 Å². The number of nitrogen functional groups attached to an aromatic ring is 1. The molecule has 0 fully saturated rings. The number of unbranched alkanes of at least 4 members (excludes halogenated alkanes) is 2. The fourth-order valence-corrected chi connectivity index (χ4v) is 2.43. The van der Waals surface area contributed by atoms with Crippen LogP contribution in [0.5, 0.6) is 0 Å². The number of nitrogens with two attached hydrogens (primary N) is 1. The van der Waals surface area contributed by atoms with E-state index in [9.17, 15) is 4.39 Å². The van der Waals surface area contributed by atoms with E-state index in [4.69, 9.17) is 11.1 Å². The summed E-state index contributed by atoms with van der Waals surface area (Å²) in [6.45, 7) is 2.16. The smallest absolute Gasteiger partial charge is 0.124 e. The number of halogens is 1. The zero-order valence-electron chi connectivity index (χ0n) is 9.42. The van der Waals surface area contributed by atoms with Crippen molar-refractivity contribution in [2.24, 2.45) is 5.73 Å². The predicted molar refractivity (Wildman–Crippen MR) is 67.7 cm³/mol. The first kappa shape index (κ1) is 13.0. The molecule has 16 heavy (non-hydrogen) atoms. The van der Waals surface area contributed by atoms with E-state index in [0.717, 1.165) is 17.1 Å². The van der Waals surface area contributed by atoms with Crippen LogP contribution in [0.1, 0.15) is 31.7 Å². The van der Waals surface area contributed by atoms with Gasteiger partial charge in [-0.05, 0) is 30.4 Å². The molecule has 0 spiro atoms. The lowest BCUT2D eigenvalue weighted by Crippen LogP contribution is -2.12. The van der Waals surface area contributed by atoms with Crippen LogP contribution in [-0.4, -0.2) is 11.6 Å². The van der Waals surface area contributed by atoms with Crippen LogP contribution in [0.3, 0.4) is 0 Å². The number of thioether (sulfide) groups is 1. The van der Waals surface area contributed by atoms with Gasteiger partial charge in [0.2, 0.25) is 0 Å². The van der Waals surface area contributed by atoms with E-state index in [1.165, 1.54) is 25.0 Å². The van der Waals surface area contributed by atoms with Crippen LogP contribution in [0, 0.1) is 11.2 Å². The predicted octanol–water partition coefficient (Wildman–Crippen LogP) is 3.39. The molecule has 2 nitrogen and oxygen atoms in total. The highest BCUT2D eigenvalue weighted by molar-refractivity contribution is 7.99. The van der Waals surface area contributed by atoms with E-state index >= 15 is 0 Å². The van der Waals surface area contributed by atoms with Crippen molar-refractivity contribution in [2.45, 2.75) is 31.1 Å². The van der Waals surface area contributed by atoms with Crippen molar-refractivity contribution < 1.29 is 4.39 Å². The monoisotopic (exact) mass is 240 g/mol. The Bertz CT molecular complexity index is 366. The molecule has 0 bridgehead atoms. The quantitative estimate of drug-likeness (QED) is 0.346. The van der Waals surface area contributed by atoms with Gasteiger partial charge in [0.1, 0.15) is 11.7 Å². The van der Waals surface area contributed by atoms with Crippen LogP contribution in [0.4, 0.5) is 4.39 Å². The maximum atomic E-state index is 13.0. The molecular weight excluding hydrogens is 223 g/mol. The molecular formula is C12H17FN2S. The minimum Gasteiger partial charge on any atom is -0.384 e. The van der Waals surface area contributed by atoms with Crippen LogP contribution in [0.25, 0.3) is 0 Å². The summed E-state index contributed by atoms with van der Waals surface area (Å²) in [7, 11) is 0. The van der Waals surface area contributed by atoms with E-state index in [1.807, 2.05) is 0 Å². The van der Waals surface area contributed by atoms with Crippen molar-refractivity contribution in [1.82, 2.24) is 0 Å². The number of hydrogen-bond acceptors (Lipinski definition) is 2. The topological polar surface area (TPSA) is 49.9 Å². The van der Waals surface area contributed by atoms with Gasteiger partial charge in [-0.15, -0.1) is 11.8 Å². The minimum absolute atomic E-state index is 0.0718. The van der Waals surface area contributed by atoms with E-state index in [-0.39, 0.29) is 11.7 Å². The van der Waals surface area contributed by atoms with E-state index in [0.29, 0.717) is 5.56 Å². The van der Waals surface area contributed by atoms with Gasteiger partial charge in [0, 0.05) is 10.5 Å². The molecule has 0 amide bonds. The Labute approximate surface area is 99.9 Å². The number of nitrogens with one attached hydrogen (secondary N) is 1. The molecule has 0 heterocycles. The zero-order valence-corrected chi connectivity index (χ0v) is 10.2. The molecule has 0 radical (unpaired) electrons. The maximum Gasteiger partial charge on any atom is 0.124 e. The van der Waals surface area contributed by atoms with Crippen LogP contribution in [-0.2, 0) is 0 Å². The Morgan fingerprint density at radius 3 is 2.81 bits per heavy atom. The van der Waals surface area contributed by atoms with Crippen molar-refractivity contribution in [2.75, 3.05) is 5.75 Å². The van der Waals surface area contributed by atoms with Gasteiger partial charge in [-0.1, -0.05) is 19.8 Å². The first-order valence-corrected chi connectivity index (χ1v) is 6.40. The van der Waals surface area contributed by atoms with E-state index in [1.54, 1.807) is 17.8 Å². The Hall–Kier alpha value is -1.03. The summed E-state index contributed by atoms with van der Waals surface area (Å²) < 4.78 is 13.0. The van der Waals surface area contributed by atoms with Crippen LogP contribution >= 0.6 is 11.8 Å². The molecule has 4 heteroatoms. The number of benzene rings is 1. The Kier molecular flexibility index (Phi) is 5.32. The number of hydrogen-bond donors (Lipinski definition) is 2. The number of rotatable bonds is 6. The fourth-order valence-electron chi connectivity index (χ4n) is 1.37. The summed E-state index contributed by atoms with van der Waals surface area (Å²) in [6, 6.07) is 4.43. The van der Waals surface area contributed by atoms with Crippen LogP contribution in [0.2, 0.25) is 0 Å². The highest BCUT2D eigenvalue weighted by Gasteiger charge is 2.07. The van der Waals surface area contributed by atoms with Crippen molar-refractivity contribution in [3.05, 3.63) is 29.6 Å². The molecule has 0 aliphatic heterocycles. The van der Waals surface area contributed by atoms with Gasteiger partial charge in [-0.3, -0.25) is 5.41 Å². The summed E-state index contributed by atoms with van der Waals surface area (Å²) in [5.74, 6) is 0.570. The Balaban J connectivity index is 2.67. The second-order valence-corrected chi connectivity index (χ2v) is 4.75. The summed E-state index contributed by atoms with van der Waals surface area (Å²) in [4.78, 5) is 0.894. The van der Waals surface area contributed by atoms with Crippen LogP contribution < -0.4 is 5.73 Å². The van der Waals surface area contributed by atoms with E-state index in [2.05, 4.69) is 6.92 Å². The van der Waals surface area contributed by atoms with Crippen molar-refractivity contribution in [1.29, 1.82) is 5.41 Å². The fraction of sp³-hybridized carbons (Fsp3) is 0.417. The standard InChI is InChI=1S/C12H17FN2S/c1-2-3-4-7-16-11-6-5-9(13)8-10(11)12(14)15/h5-6,8H,2-4,7H2,1H3,(H3,14,15). The largest absolute Gasteiger partial charge is 0.384 e. The van der Waals surface area contributed by atoms with Gasteiger partial charge < -0.3 is 5.73 Å². The molecule has 88 valence electrons. The average molecular weight is 240 g/mol. The Morgan fingerprint density at radius 2 is 2.19 bits per heavy atom. The third kappa shape index (κ3) is 3.85. The summed E-state index contributed by atoms with van der Waals surface area (Å²) in [5, 5.41) is 7.39. The SMILES string of the molecule is CCCCCSc1ccc(F)cc1C(=N)N. The normalized spacial score (nSPS) is 10.4. The van der Waals surface area contributed by atoms with Gasteiger partial charge in [0.25, 0.3) is 0 Å².